The molecule has 0 aliphatic carbocycles. The summed E-state index contributed by atoms with van der Waals surface area (Å²) in [6.07, 6.45) is 5.06. The van der Waals surface area contributed by atoms with Gasteiger partial charge in [0.15, 0.2) is 5.78 Å². The zero-order valence-electron chi connectivity index (χ0n) is 16.5. The van der Waals surface area contributed by atoms with E-state index in [1.807, 2.05) is 18.2 Å². The summed E-state index contributed by atoms with van der Waals surface area (Å²) in [6.45, 7) is 0.239. The fourth-order valence-corrected chi connectivity index (χ4v) is 3.26. The lowest BCUT2D eigenvalue weighted by molar-refractivity contribution is 0.0939. The van der Waals surface area contributed by atoms with Gasteiger partial charge >= 0.3 is 0 Å². The molecule has 0 radical (unpaired) electrons. The number of nitrogens with one attached hydrogen (secondary N) is 1. The monoisotopic (exact) mass is 411 g/mol. The highest BCUT2D eigenvalue weighted by atomic mass is 19.1. The predicted molar refractivity (Wildman–Crippen MR) is 115 cm³/mol. The summed E-state index contributed by atoms with van der Waals surface area (Å²) in [5.41, 5.74) is 3.31. The number of carbonyl (C=O) groups excluding carboxylic acids is 2. The first-order valence-corrected chi connectivity index (χ1v) is 9.65. The van der Waals surface area contributed by atoms with E-state index in [1.54, 1.807) is 48.9 Å². The lowest BCUT2D eigenvalue weighted by Gasteiger charge is -2.12. The number of rotatable bonds is 6. The van der Waals surface area contributed by atoms with Gasteiger partial charge in [-0.15, -0.1) is 0 Å². The van der Waals surface area contributed by atoms with Gasteiger partial charge in [-0.2, -0.15) is 0 Å². The molecule has 2 heterocycles. The Morgan fingerprint density at radius 1 is 0.806 bits per heavy atom. The van der Waals surface area contributed by atoms with Gasteiger partial charge in [-0.1, -0.05) is 24.3 Å². The van der Waals surface area contributed by atoms with Crippen LogP contribution in [-0.4, -0.2) is 21.7 Å². The third-order valence-electron chi connectivity index (χ3n) is 4.81. The van der Waals surface area contributed by atoms with E-state index in [0.29, 0.717) is 5.56 Å². The molecular formula is C25H18FN3O2. The second-order valence-electron chi connectivity index (χ2n) is 6.81. The third-order valence-corrected chi connectivity index (χ3v) is 4.81. The number of amides is 1. The molecule has 1 N–H and O–H groups in total. The van der Waals surface area contributed by atoms with E-state index in [-0.39, 0.29) is 29.4 Å². The molecule has 0 atom stereocenters. The molecule has 0 aliphatic heterocycles. The minimum absolute atomic E-state index is 0.239. The molecule has 31 heavy (non-hydrogen) atoms. The summed E-state index contributed by atoms with van der Waals surface area (Å²) in [5.74, 6) is -1.15. The zero-order valence-corrected chi connectivity index (χ0v) is 16.5. The Labute approximate surface area is 178 Å². The van der Waals surface area contributed by atoms with Crippen molar-refractivity contribution in [1.29, 1.82) is 0 Å². The van der Waals surface area contributed by atoms with Crippen LogP contribution in [0.5, 0.6) is 0 Å². The summed E-state index contributed by atoms with van der Waals surface area (Å²) >= 11 is 0. The lowest BCUT2D eigenvalue weighted by Crippen LogP contribution is -2.25. The maximum Gasteiger partial charge on any atom is 0.252 e. The van der Waals surface area contributed by atoms with Crippen LogP contribution in [0.3, 0.4) is 0 Å². The van der Waals surface area contributed by atoms with Gasteiger partial charge in [0.2, 0.25) is 0 Å². The van der Waals surface area contributed by atoms with Crippen molar-refractivity contribution in [2.24, 2.45) is 0 Å². The Morgan fingerprint density at radius 2 is 1.52 bits per heavy atom. The topological polar surface area (TPSA) is 72.0 Å². The molecule has 0 bridgehead atoms. The van der Waals surface area contributed by atoms with Gasteiger partial charge in [-0.25, -0.2) is 4.39 Å². The van der Waals surface area contributed by atoms with Crippen LogP contribution in [0.15, 0.2) is 91.4 Å². The van der Waals surface area contributed by atoms with Crippen LogP contribution in [0.1, 0.15) is 31.8 Å². The standard InChI is InChI=1S/C25H18FN3O2/c26-20-9-7-18(8-10-20)24(30)21-5-1-2-6-22(21)25(31)29-16-19-4-3-13-28-23(19)17-11-14-27-15-12-17/h1-15H,16H2,(H,29,31). The Morgan fingerprint density at radius 3 is 2.26 bits per heavy atom. The van der Waals surface area contributed by atoms with Crippen molar-refractivity contribution in [3.05, 3.63) is 119 Å². The number of pyridine rings is 2. The van der Waals surface area contributed by atoms with E-state index in [4.69, 9.17) is 0 Å². The van der Waals surface area contributed by atoms with E-state index in [1.165, 1.54) is 24.3 Å². The molecule has 2 aromatic heterocycles. The quantitative estimate of drug-likeness (QED) is 0.476. The van der Waals surface area contributed by atoms with E-state index in [0.717, 1.165) is 16.8 Å². The van der Waals surface area contributed by atoms with Crippen molar-refractivity contribution in [2.45, 2.75) is 6.54 Å². The minimum Gasteiger partial charge on any atom is -0.348 e. The number of aromatic nitrogens is 2. The van der Waals surface area contributed by atoms with E-state index in [2.05, 4.69) is 15.3 Å². The van der Waals surface area contributed by atoms with E-state index < -0.39 is 5.82 Å². The molecule has 0 unspecified atom stereocenters. The van der Waals surface area contributed by atoms with Gasteiger partial charge in [-0.3, -0.25) is 19.6 Å². The van der Waals surface area contributed by atoms with Gasteiger partial charge in [0.05, 0.1) is 11.3 Å². The molecule has 0 aliphatic rings. The van der Waals surface area contributed by atoms with E-state index >= 15 is 0 Å². The number of halogens is 1. The summed E-state index contributed by atoms with van der Waals surface area (Å²) in [6, 6.07) is 19.2. The van der Waals surface area contributed by atoms with Crippen molar-refractivity contribution >= 4 is 11.7 Å². The number of hydrogen-bond donors (Lipinski definition) is 1. The summed E-state index contributed by atoms with van der Waals surface area (Å²) in [7, 11) is 0. The number of nitrogens with zero attached hydrogens (tertiary/aromatic N) is 2. The second-order valence-corrected chi connectivity index (χ2v) is 6.81. The van der Waals surface area contributed by atoms with Crippen LogP contribution in [0.2, 0.25) is 0 Å². The SMILES string of the molecule is O=C(NCc1cccnc1-c1ccncc1)c1ccccc1C(=O)c1ccc(F)cc1. The largest absolute Gasteiger partial charge is 0.348 e. The lowest BCUT2D eigenvalue weighted by atomic mass is 9.97. The first-order valence-electron chi connectivity index (χ1n) is 9.65. The van der Waals surface area contributed by atoms with Gasteiger partial charge in [0.25, 0.3) is 5.91 Å². The van der Waals surface area contributed by atoms with E-state index in [9.17, 15) is 14.0 Å². The molecule has 0 saturated carbocycles. The van der Waals surface area contributed by atoms with Gasteiger partial charge in [0, 0.05) is 41.8 Å². The number of carbonyl (C=O) groups is 2. The maximum atomic E-state index is 13.2. The van der Waals surface area contributed by atoms with Gasteiger partial charge in [-0.05, 0) is 54.1 Å². The second kappa shape index (κ2) is 9.09. The van der Waals surface area contributed by atoms with Crippen molar-refractivity contribution < 1.29 is 14.0 Å². The Bertz CT molecular complexity index is 1220. The van der Waals surface area contributed by atoms with Crippen LogP contribution in [0.4, 0.5) is 4.39 Å². The molecule has 5 nitrogen and oxygen atoms in total. The molecule has 0 saturated heterocycles. The van der Waals surface area contributed by atoms with Gasteiger partial charge < -0.3 is 5.32 Å². The molecule has 2 aromatic carbocycles. The first-order chi connectivity index (χ1) is 15.1. The van der Waals surface area contributed by atoms with Crippen molar-refractivity contribution in [3.8, 4) is 11.3 Å². The molecule has 1 amide bonds. The van der Waals surface area contributed by atoms with Crippen LogP contribution < -0.4 is 5.32 Å². The highest BCUT2D eigenvalue weighted by molar-refractivity contribution is 6.15. The predicted octanol–water partition coefficient (Wildman–Crippen LogP) is 4.44. The van der Waals surface area contributed by atoms with Gasteiger partial charge in [0.1, 0.15) is 5.82 Å². The number of benzene rings is 2. The Hall–Kier alpha value is -4.19. The Kier molecular flexibility index (Phi) is 5.89. The minimum atomic E-state index is -0.427. The molecule has 0 spiro atoms. The zero-order chi connectivity index (χ0) is 21.6. The summed E-state index contributed by atoms with van der Waals surface area (Å²) in [5, 5.41) is 2.87. The normalized spacial score (nSPS) is 10.5. The average Bonchev–Trinajstić information content (AvgIpc) is 2.83. The highest BCUT2D eigenvalue weighted by Gasteiger charge is 2.18. The fourth-order valence-electron chi connectivity index (χ4n) is 3.26. The van der Waals surface area contributed by atoms with Crippen molar-refractivity contribution in [2.75, 3.05) is 0 Å². The molecule has 0 fully saturated rings. The van der Waals surface area contributed by atoms with Crippen LogP contribution in [0.25, 0.3) is 11.3 Å². The Balaban J connectivity index is 1.56. The fraction of sp³-hybridized carbons (Fsp3) is 0.0400. The maximum absolute atomic E-state index is 13.2. The summed E-state index contributed by atoms with van der Waals surface area (Å²) in [4.78, 5) is 34.2. The van der Waals surface area contributed by atoms with Crippen molar-refractivity contribution in [3.63, 3.8) is 0 Å². The highest BCUT2D eigenvalue weighted by Crippen LogP contribution is 2.21. The third kappa shape index (κ3) is 4.53. The molecular weight excluding hydrogens is 393 g/mol. The molecule has 6 heteroatoms. The first kappa shape index (κ1) is 20.1. The summed E-state index contributed by atoms with van der Waals surface area (Å²) < 4.78 is 13.2. The molecule has 4 aromatic rings. The van der Waals surface area contributed by atoms with Crippen molar-refractivity contribution in [1.82, 2.24) is 15.3 Å². The number of ketones is 1. The molecule has 152 valence electrons. The molecule has 4 rings (SSSR count). The van der Waals surface area contributed by atoms with Crippen LogP contribution >= 0.6 is 0 Å². The smallest absolute Gasteiger partial charge is 0.252 e. The average molecular weight is 411 g/mol. The van der Waals surface area contributed by atoms with Crippen LogP contribution in [-0.2, 0) is 6.54 Å². The van der Waals surface area contributed by atoms with Crippen LogP contribution in [0, 0.1) is 5.82 Å². The number of hydrogen-bond acceptors (Lipinski definition) is 4.